The molecule has 3 fully saturated rings. The molecule has 0 spiro atoms. The number of hydrogen-bond donors (Lipinski definition) is 1. The highest BCUT2D eigenvalue weighted by Crippen LogP contribution is 2.42. The molecule has 5 nitrogen and oxygen atoms in total. The monoisotopic (exact) mass is 478 g/mol. The first-order chi connectivity index (χ1) is 16.3. The van der Waals surface area contributed by atoms with Crippen molar-refractivity contribution >= 4 is 5.82 Å². The van der Waals surface area contributed by atoms with Crippen molar-refractivity contribution in [3.05, 3.63) is 41.2 Å². The highest BCUT2D eigenvalue weighted by atomic mass is 19.4. The van der Waals surface area contributed by atoms with E-state index in [0.29, 0.717) is 28.9 Å². The molecule has 3 atom stereocenters. The average molecular weight is 479 g/mol. The van der Waals surface area contributed by atoms with Crippen LogP contribution in [0.4, 0.5) is 23.4 Å². The van der Waals surface area contributed by atoms with Crippen molar-refractivity contribution in [2.24, 2.45) is 17.8 Å². The van der Waals surface area contributed by atoms with Crippen LogP contribution < -0.4 is 5.32 Å². The maximum Gasteiger partial charge on any atom is 0.420 e. The van der Waals surface area contributed by atoms with Crippen molar-refractivity contribution in [3.63, 3.8) is 0 Å². The number of alkyl halides is 3. The topological polar surface area (TPSA) is 50.3 Å². The molecule has 2 aliphatic heterocycles. The highest BCUT2D eigenvalue weighted by molar-refractivity contribution is 5.65. The van der Waals surface area contributed by atoms with Crippen LogP contribution in [0.5, 0.6) is 0 Å². The van der Waals surface area contributed by atoms with E-state index in [9.17, 15) is 17.6 Å². The Morgan fingerprint density at radius 2 is 1.76 bits per heavy atom. The van der Waals surface area contributed by atoms with Gasteiger partial charge in [0.15, 0.2) is 5.82 Å². The Balaban J connectivity index is 1.26. The fraction of sp³-hybridized carbons (Fsp3) is 0.600. The van der Waals surface area contributed by atoms with Crippen LogP contribution in [-0.2, 0) is 10.9 Å². The van der Waals surface area contributed by atoms with Crippen molar-refractivity contribution in [3.8, 4) is 11.3 Å². The molecule has 1 N–H and O–H groups in total. The van der Waals surface area contributed by atoms with Gasteiger partial charge in [-0.2, -0.15) is 13.2 Å². The van der Waals surface area contributed by atoms with Gasteiger partial charge in [-0.1, -0.05) is 0 Å². The van der Waals surface area contributed by atoms with Gasteiger partial charge in [0, 0.05) is 44.5 Å². The van der Waals surface area contributed by atoms with Gasteiger partial charge >= 0.3 is 6.18 Å². The minimum absolute atomic E-state index is 0.0472. The number of aromatic nitrogens is 2. The minimum Gasteiger partial charge on any atom is -0.381 e. The van der Waals surface area contributed by atoms with Gasteiger partial charge in [0.1, 0.15) is 11.4 Å². The van der Waals surface area contributed by atoms with Gasteiger partial charge in [0.25, 0.3) is 0 Å². The van der Waals surface area contributed by atoms with Crippen LogP contribution in [0.3, 0.4) is 0 Å². The summed E-state index contributed by atoms with van der Waals surface area (Å²) in [4.78, 5) is 2.53. The maximum absolute atomic E-state index is 13.9. The molecule has 1 aromatic heterocycles. The van der Waals surface area contributed by atoms with Gasteiger partial charge in [0.2, 0.25) is 0 Å². The predicted molar refractivity (Wildman–Crippen MR) is 121 cm³/mol. The molecule has 0 radical (unpaired) electrons. The van der Waals surface area contributed by atoms with Crippen LogP contribution in [0.15, 0.2) is 24.3 Å². The number of nitrogens with one attached hydrogen (secondary N) is 1. The predicted octanol–water partition coefficient (Wildman–Crippen LogP) is 5.16. The van der Waals surface area contributed by atoms with Crippen LogP contribution in [-0.4, -0.2) is 54.0 Å². The zero-order chi connectivity index (χ0) is 23.9. The summed E-state index contributed by atoms with van der Waals surface area (Å²) >= 11 is 0. The Kier molecular flexibility index (Phi) is 6.50. The third-order valence-electron chi connectivity index (χ3n) is 7.59. The molecular formula is C25H30F4N4O. The number of aryl methyl sites for hydroxylation is 1. The third-order valence-corrected chi connectivity index (χ3v) is 7.59. The van der Waals surface area contributed by atoms with Crippen LogP contribution >= 0.6 is 0 Å². The number of nitrogens with zero attached hydrogens (tertiary/aromatic N) is 3. The summed E-state index contributed by atoms with van der Waals surface area (Å²) in [6.45, 7) is 6.46. The Morgan fingerprint density at radius 3 is 2.41 bits per heavy atom. The summed E-state index contributed by atoms with van der Waals surface area (Å²) in [6.07, 6.45) is -0.667. The fourth-order valence-corrected chi connectivity index (χ4v) is 5.91. The van der Waals surface area contributed by atoms with Crippen molar-refractivity contribution in [1.29, 1.82) is 0 Å². The van der Waals surface area contributed by atoms with E-state index < -0.39 is 17.6 Å². The highest BCUT2D eigenvalue weighted by Gasteiger charge is 2.43. The Bertz CT molecular complexity index is 1010. The molecule has 9 heteroatoms. The standard InChI is InChI=1S/C25H30F4N4O/c1-15-8-19(26)2-3-21(15)23-11-22(25(27,28)29)24(32-31-23)30-20-9-17-13-33(14-18(17)10-20)12-16-4-6-34-7-5-16/h2-3,8,11,16-18,20H,4-7,9-10,12-14H2,1H3,(H,30,32)/t17-,18+,20?. The van der Waals surface area contributed by atoms with E-state index in [1.807, 2.05) is 0 Å². The van der Waals surface area contributed by atoms with Crippen molar-refractivity contribution < 1.29 is 22.3 Å². The number of likely N-dealkylation sites (tertiary alicyclic amines) is 1. The molecule has 2 aromatic rings. The molecule has 1 unspecified atom stereocenters. The normalized spacial score (nSPS) is 26.1. The SMILES string of the molecule is Cc1cc(F)ccc1-c1cc(C(F)(F)F)c(NC2C[C@@H]3CN(CC4CCOCC4)C[C@@H]3C2)nn1. The zero-order valence-corrected chi connectivity index (χ0v) is 19.2. The lowest BCUT2D eigenvalue weighted by Gasteiger charge is -2.28. The summed E-state index contributed by atoms with van der Waals surface area (Å²) in [5.74, 6) is 1.03. The molecule has 2 saturated heterocycles. The van der Waals surface area contributed by atoms with E-state index in [2.05, 4.69) is 20.4 Å². The lowest BCUT2D eigenvalue weighted by molar-refractivity contribution is -0.137. The smallest absolute Gasteiger partial charge is 0.381 e. The number of rotatable bonds is 5. The van der Waals surface area contributed by atoms with Gasteiger partial charge in [-0.15, -0.1) is 10.2 Å². The van der Waals surface area contributed by atoms with Crippen LogP contribution in [0.2, 0.25) is 0 Å². The number of anilines is 1. The number of hydrogen-bond acceptors (Lipinski definition) is 5. The zero-order valence-electron chi connectivity index (χ0n) is 19.2. The molecule has 3 heterocycles. The first kappa shape index (κ1) is 23.5. The van der Waals surface area contributed by atoms with Crippen molar-refractivity contribution in [2.75, 3.05) is 38.2 Å². The lowest BCUT2D eigenvalue weighted by atomic mass is 10.00. The molecule has 1 saturated carbocycles. The Labute approximate surface area is 196 Å². The lowest BCUT2D eigenvalue weighted by Crippen LogP contribution is -2.32. The summed E-state index contributed by atoms with van der Waals surface area (Å²) in [5, 5.41) is 11.0. The summed E-state index contributed by atoms with van der Waals surface area (Å²) in [7, 11) is 0. The summed E-state index contributed by atoms with van der Waals surface area (Å²) in [6, 6.07) is 4.90. The fourth-order valence-electron chi connectivity index (χ4n) is 5.91. The molecule has 5 rings (SSSR count). The molecule has 184 valence electrons. The van der Waals surface area contributed by atoms with E-state index in [1.54, 1.807) is 6.92 Å². The maximum atomic E-state index is 13.9. The molecule has 1 aliphatic carbocycles. The van der Waals surface area contributed by atoms with Gasteiger partial charge in [0.05, 0.1) is 5.69 Å². The minimum atomic E-state index is -4.57. The molecule has 1 aromatic carbocycles. The molecule has 3 aliphatic rings. The first-order valence-corrected chi connectivity index (χ1v) is 12.0. The Hall–Kier alpha value is -2.26. The van der Waals surface area contributed by atoms with E-state index in [1.165, 1.54) is 18.2 Å². The van der Waals surface area contributed by atoms with E-state index in [-0.39, 0.29) is 17.6 Å². The number of halogens is 4. The number of benzene rings is 1. The quantitative estimate of drug-likeness (QED) is 0.602. The average Bonchev–Trinajstić information content (AvgIpc) is 3.32. The van der Waals surface area contributed by atoms with Crippen LogP contribution in [0.1, 0.15) is 36.8 Å². The second-order valence-electron chi connectivity index (χ2n) is 10.1. The molecular weight excluding hydrogens is 448 g/mol. The number of ether oxygens (including phenoxy) is 1. The number of fused-ring (bicyclic) bond motifs is 1. The van der Waals surface area contributed by atoms with Crippen molar-refractivity contribution in [2.45, 2.75) is 44.8 Å². The van der Waals surface area contributed by atoms with Gasteiger partial charge in [-0.3, -0.25) is 0 Å². The second-order valence-corrected chi connectivity index (χ2v) is 10.1. The van der Waals surface area contributed by atoms with Gasteiger partial charge in [-0.25, -0.2) is 4.39 Å². The van der Waals surface area contributed by atoms with Gasteiger partial charge in [-0.05, 0) is 80.2 Å². The van der Waals surface area contributed by atoms with Crippen LogP contribution in [0.25, 0.3) is 11.3 Å². The van der Waals surface area contributed by atoms with Gasteiger partial charge < -0.3 is 15.0 Å². The van der Waals surface area contributed by atoms with E-state index in [4.69, 9.17) is 4.74 Å². The Morgan fingerprint density at radius 1 is 1.06 bits per heavy atom. The third kappa shape index (κ3) is 5.05. The summed E-state index contributed by atoms with van der Waals surface area (Å²) in [5.41, 5.74) is 0.199. The summed E-state index contributed by atoms with van der Waals surface area (Å²) < 4.78 is 60.6. The molecule has 0 amide bonds. The molecule has 0 bridgehead atoms. The van der Waals surface area contributed by atoms with E-state index >= 15 is 0 Å². The second kappa shape index (κ2) is 9.41. The van der Waals surface area contributed by atoms with Crippen LogP contribution in [0, 0.1) is 30.5 Å². The van der Waals surface area contributed by atoms with Crippen molar-refractivity contribution in [1.82, 2.24) is 15.1 Å². The first-order valence-electron chi connectivity index (χ1n) is 12.0. The largest absolute Gasteiger partial charge is 0.420 e. The molecule has 34 heavy (non-hydrogen) atoms. The van der Waals surface area contributed by atoms with E-state index in [0.717, 1.165) is 64.6 Å².